The van der Waals surface area contributed by atoms with Crippen molar-refractivity contribution in [2.24, 2.45) is 5.73 Å². The van der Waals surface area contributed by atoms with E-state index in [2.05, 4.69) is 51.6 Å². The summed E-state index contributed by atoms with van der Waals surface area (Å²) < 4.78 is 0. The molecule has 0 rings (SSSR count). The molecule has 0 aromatic carbocycles. The molecule has 0 aliphatic carbocycles. The van der Waals surface area contributed by atoms with Crippen LogP contribution in [0.3, 0.4) is 0 Å². The molecule has 0 saturated heterocycles. The van der Waals surface area contributed by atoms with Gasteiger partial charge in [-0.1, -0.05) is 33.6 Å². The van der Waals surface area contributed by atoms with Gasteiger partial charge in [0, 0.05) is 24.7 Å². The predicted molar refractivity (Wildman–Crippen MR) is 82.0 cm³/mol. The van der Waals surface area contributed by atoms with Crippen molar-refractivity contribution in [3.05, 3.63) is 0 Å². The summed E-state index contributed by atoms with van der Waals surface area (Å²) in [6, 6.07) is 0.562. The Morgan fingerprint density at radius 3 is 1.83 bits per heavy atom. The molecule has 1 unspecified atom stereocenters. The third-order valence-corrected chi connectivity index (χ3v) is 3.92. The Morgan fingerprint density at radius 2 is 1.56 bits per heavy atom. The van der Waals surface area contributed by atoms with E-state index in [9.17, 15) is 0 Å². The average molecular weight is 257 g/mol. The van der Waals surface area contributed by atoms with Crippen LogP contribution in [0.4, 0.5) is 0 Å². The van der Waals surface area contributed by atoms with Crippen molar-refractivity contribution in [1.29, 1.82) is 0 Å². The molecule has 0 fully saturated rings. The van der Waals surface area contributed by atoms with Gasteiger partial charge in [-0.15, -0.1) is 0 Å². The first-order valence-electron chi connectivity index (χ1n) is 7.58. The lowest BCUT2D eigenvalue weighted by molar-refractivity contribution is 0.0336. The highest BCUT2D eigenvalue weighted by atomic mass is 15.3. The van der Waals surface area contributed by atoms with Crippen molar-refractivity contribution < 1.29 is 0 Å². The molecular weight excluding hydrogens is 222 g/mol. The highest BCUT2D eigenvalue weighted by Crippen LogP contribution is 2.28. The van der Waals surface area contributed by atoms with E-state index in [0.717, 1.165) is 19.6 Å². The summed E-state index contributed by atoms with van der Waals surface area (Å²) in [6.07, 6.45) is 4.84. The second-order valence-corrected chi connectivity index (χ2v) is 5.83. The highest BCUT2D eigenvalue weighted by molar-refractivity contribution is 4.93. The van der Waals surface area contributed by atoms with Crippen molar-refractivity contribution in [2.75, 3.05) is 33.7 Å². The molecule has 0 aromatic rings. The Labute approximate surface area is 115 Å². The number of hydrogen-bond acceptors (Lipinski definition) is 3. The second-order valence-electron chi connectivity index (χ2n) is 5.83. The van der Waals surface area contributed by atoms with Crippen LogP contribution in [0.25, 0.3) is 0 Å². The quantitative estimate of drug-likeness (QED) is 0.653. The molecule has 0 amide bonds. The van der Waals surface area contributed by atoms with Crippen LogP contribution in [-0.2, 0) is 0 Å². The number of nitrogens with zero attached hydrogens (tertiary/aromatic N) is 2. The molecule has 3 nitrogen and oxygen atoms in total. The third-order valence-electron chi connectivity index (χ3n) is 3.92. The van der Waals surface area contributed by atoms with E-state index in [1.807, 2.05) is 0 Å². The zero-order chi connectivity index (χ0) is 14.2. The maximum absolute atomic E-state index is 6.17. The molecule has 0 bridgehead atoms. The first-order chi connectivity index (χ1) is 8.47. The summed E-state index contributed by atoms with van der Waals surface area (Å²) in [5.41, 5.74) is 6.37. The molecular formula is C15H35N3. The average Bonchev–Trinajstić information content (AvgIpc) is 2.29. The van der Waals surface area contributed by atoms with E-state index in [4.69, 9.17) is 5.73 Å². The minimum absolute atomic E-state index is 0.202. The predicted octanol–water partition coefficient (Wildman–Crippen LogP) is 2.56. The first-order valence-corrected chi connectivity index (χ1v) is 7.58. The summed E-state index contributed by atoms with van der Waals surface area (Å²) in [6.45, 7) is 12.1. The lowest BCUT2D eigenvalue weighted by atomic mass is 9.85. The van der Waals surface area contributed by atoms with Gasteiger partial charge in [-0.3, -0.25) is 4.90 Å². The van der Waals surface area contributed by atoms with Gasteiger partial charge in [-0.2, -0.15) is 0 Å². The minimum Gasteiger partial charge on any atom is -0.329 e. The van der Waals surface area contributed by atoms with Gasteiger partial charge in [0.15, 0.2) is 0 Å². The fourth-order valence-corrected chi connectivity index (χ4v) is 3.41. The van der Waals surface area contributed by atoms with E-state index in [-0.39, 0.29) is 5.54 Å². The fourth-order valence-electron chi connectivity index (χ4n) is 3.41. The van der Waals surface area contributed by atoms with Gasteiger partial charge < -0.3 is 10.6 Å². The monoisotopic (exact) mass is 257 g/mol. The lowest BCUT2D eigenvalue weighted by Gasteiger charge is -2.47. The van der Waals surface area contributed by atoms with Gasteiger partial charge in [0.1, 0.15) is 0 Å². The van der Waals surface area contributed by atoms with Crippen molar-refractivity contribution in [3.8, 4) is 0 Å². The summed E-state index contributed by atoms with van der Waals surface area (Å²) in [5, 5.41) is 0. The molecule has 0 aromatic heterocycles. The van der Waals surface area contributed by atoms with E-state index in [0.29, 0.717) is 6.04 Å². The molecule has 0 radical (unpaired) electrons. The van der Waals surface area contributed by atoms with E-state index < -0.39 is 0 Å². The van der Waals surface area contributed by atoms with Crippen molar-refractivity contribution in [2.45, 2.75) is 65.0 Å². The van der Waals surface area contributed by atoms with Crippen LogP contribution in [0.15, 0.2) is 0 Å². The Morgan fingerprint density at radius 1 is 1.06 bits per heavy atom. The fraction of sp³-hybridized carbons (Fsp3) is 1.00. The maximum atomic E-state index is 6.17. The Balaban J connectivity index is 4.99. The lowest BCUT2D eigenvalue weighted by Crippen LogP contribution is -2.58. The molecule has 0 spiro atoms. The Kier molecular flexibility index (Phi) is 8.83. The number of likely N-dealkylation sites (N-methyl/N-ethyl adjacent to an activating group) is 2. The molecule has 18 heavy (non-hydrogen) atoms. The largest absolute Gasteiger partial charge is 0.329 e. The van der Waals surface area contributed by atoms with Crippen LogP contribution in [0.5, 0.6) is 0 Å². The summed E-state index contributed by atoms with van der Waals surface area (Å²) in [7, 11) is 4.29. The van der Waals surface area contributed by atoms with Gasteiger partial charge in [0.2, 0.25) is 0 Å². The first kappa shape index (κ1) is 17.9. The van der Waals surface area contributed by atoms with E-state index in [1.165, 1.54) is 25.7 Å². The SMILES string of the molecule is CCCC(CN)(CCC)N(CC)C(C)CN(C)C. The Hall–Kier alpha value is -0.120. The van der Waals surface area contributed by atoms with Crippen molar-refractivity contribution in [1.82, 2.24) is 9.80 Å². The number of nitrogens with two attached hydrogens (primary N) is 1. The molecule has 2 N–H and O–H groups in total. The van der Waals surface area contributed by atoms with Gasteiger partial charge >= 0.3 is 0 Å². The molecule has 3 heteroatoms. The van der Waals surface area contributed by atoms with Gasteiger partial charge in [-0.25, -0.2) is 0 Å². The van der Waals surface area contributed by atoms with Crippen LogP contribution >= 0.6 is 0 Å². The normalized spacial score (nSPS) is 14.5. The van der Waals surface area contributed by atoms with Crippen molar-refractivity contribution >= 4 is 0 Å². The molecule has 1 atom stereocenters. The summed E-state index contributed by atoms with van der Waals surface area (Å²) in [5.74, 6) is 0. The summed E-state index contributed by atoms with van der Waals surface area (Å²) >= 11 is 0. The maximum Gasteiger partial charge on any atom is 0.0334 e. The molecule has 0 aliphatic rings. The minimum atomic E-state index is 0.202. The van der Waals surface area contributed by atoms with Gasteiger partial charge in [0.05, 0.1) is 0 Å². The van der Waals surface area contributed by atoms with Crippen LogP contribution in [0.1, 0.15) is 53.4 Å². The number of hydrogen-bond donors (Lipinski definition) is 1. The van der Waals surface area contributed by atoms with E-state index in [1.54, 1.807) is 0 Å². The molecule has 0 aliphatic heterocycles. The van der Waals surface area contributed by atoms with Crippen LogP contribution in [0, 0.1) is 0 Å². The zero-order valence-corrected chi connectivity index (χ0v) is 13.5. The number of rotatable bonds is 10. The summed E-state index contributed by atoms with van der Waals surface area (Å²) in [4.78, 5) is 4.91. The Bertz CT molecular complexity index is 198. The third kappa shape index (κ3) is 4.87. The van der Waals surface area contributed by atoms with Crippen LogP contribution in [0.2, 0.25) is 0 Å². The molecule has 110 valence electrons. The van der Waals surface area contributed by atoms with Crippen LogP contribution in [-0.4, -0.2) is 55.1 Å². The zero-order valence-electron chi connectivity index (χ0n) is 13.5. The smallest absolute Gasteiger partial charge is 0.0334 e. The topological polar surface area (TPSA) is 32.5 Å². The molecule has 0 heterocycles. The molecule has 0 saturated carbocycles. The second kappa shape index (κ2) is 8.89. The van der Waals surface area contributed by atoms with Crippen molar-refractivity contribution in [3.63, 3.8) is 0 Å². The van der Waals surface area contributed by atoms with E-state index >= 15 is 0 Å². The highest BCUT2D eigenvalue weighted by Gasteiger charge is 2.35. The van der Waals surface area contributed by atoms with Crippen LogP contribution < -0.4 is 5.73 Å². The van der Waals surface area contributed by atoms with Gasteiger partial charge in [0.25, 0.3) is 0 Å². The standard InChI is InChI=1S/C15H35N3/c1-7-10-15(13-16,11-8-2)18(9-3)14(4)12-17(5)6/h14H,7-13,16H2,1-6H3. The van der Waals surface area contributed by atoms with Gasteiger partial charge in [-0.05, 0) is 40.4 Å².